The Hall–Kier alpha value is -3.12. The minimum atomic E-state index is -0.157. The van der Waals surface area contributed by atoms with Crippen molar-refractivity contribution in [3.8, 4) is 5.75 Å². The molecule has 6 heteroatoms. The molecule has 1 aromatic heterocycles. The van der Waals surface area contributed by atoms with Crippen LogP contribution in [0.2, 0.25) is 0 Å². The van der Waals surface area contributed by atoms with E-state index in [1.54, 1.807) is 6.20 Å². The molecule has 0 aliphatic heterocycles. The number of rotatable bonds is 10. The fourth-order valence-corrected chi connectivity index (χ4v) is 3.06. The van der Waals surface area contributed by atoms with Crippen LogP contribution in [0.1, 0.15) is 29.8 Å². The second kappa shape index (κ2) is 10.4. The number of carbonyl (C=O) groups excluding carboxylic acids is 1. The normalized spacial score (nSPS) is 10.9. The van der Waals surface area contributed by atoms with Crippen LogP contribution in [0, 0.1) is 0 Å². The molecule has 152 valence electrons. The number of carbonyl (C=O) groups is 1. The average Bonchev–Trinajstić information content (AvgIpc) is 3.26. The summed E-state index contributed by atoms with van der Waals surface area (Å²) in [5.41, 5.74) is 2.37. The number of hydrogen-bond donors (Lipinski definition) is 1. The number of aromatic nitrogens is 2. The molecule has 0 radical (unpaired) electrons. The molecule has 1 N–H and O–H groups in total. The van der Waals surface area contributed by atoms with E-state index in [0.717, 1.165) is 25.2 Å². The van der Waals surface area contributed by atoms with Gasteiger partial charge in [-0.05, 0) is 49.0 Å². The Balaban J connectivity index is 1.60. The largest absolute Gasteiger partial charge is 0.490 e. The van der Waals surface area contributed by atoms with E-state index in [1.807, 2.05) is 65.5 Å². The second-order valence-corrected chi connectivity index (χ2v) is 6.73. The van der Waals surface area contributed by atoms with E-state index in [4.69, 9.17) is 4.74 Å². The molecular weight excluding hydrogens is 364 g/mol. The van der Waals surface area contributed by atoms with E-state index in [-0.39, 0.29) is 5.91 Å². The van der Waals surface area contributed by atoms with Gasteiger partial charge in [0, 0.05) is 24.5 Å². The van der Waals surface area contributed by atoms with Gasteiger partial charge in [-0.1, -0.05) is 38.1 Å². The van der Waals surface area contributed by atoms with Crippen LogP contribution in [-0.4, -0.2) is 46.8 Å². The second-order valence-electron chi connectivity index (χ2n) is 6.73. The first-order valence-electron chi connectivity index (χ1n) is 10.0. The van der Waals surface area contributed by atoms with Crippen molar-refractivity contribution >= 4 is 11.6 Å². The van der Waals surface area contributed by atoms with Gasteiger partial charge in [0.05, 0.1) is 12.2 Å². The molecule has 0 aliphatic carbocycles. The summed E-state index contributed by atoms with van der Waals surface area (Å²) < 4.78 is 7.77. The lowest BCUT2D eigenvalue weighted by molar-refractivity contribution is 0.102. The SMILES string of the molecule is CCN(CC)CCOc1ccccc1NC(=O)c1ccc(Cn2cccn2)cc1. The van der Waals surface area contributed by atoms with E-state index in [1.165, 1.54) is 0 Å². The summed E-state index contributed by atoms with van der Waals surface area (Å²) in [6.07, 6.45) is 3.67. The molecule has 0 unspecified atom stereocenters. The third-order valence-corrected chi connectivity index (χ3v) is 4.81. The Kier molecular flexibility index (Phi) is 7.41. The first kappa shape index (κ1) is 20.6. The maximum Gasteiger partial charge on any atom is 0.255 e. The lowest BCUT2D eigenvalue weighted by atomic mass is 10.1. The lowest BCUT2D eigenvalue weighted by Crippen LogP contribution is -2.28. The molecule has 3 aromatic rings. The molecule has 0 saturated carbocycles. The summed E-state index contributed by atoms with van der Waals surface area (Å²) >= 11 is 0. The number of ether oxygens (including phenoxy) is 1. The molecule has 0 saturated heterocycles. The van der Waals surface area contributed by atoms with Crippen LogP contribution in [0.15, 0.2) is 67.0 Å². The number of benzene rings is 2. The Morgan fingerprint density at radius 2 is 1.83 bits per heavy atom. The summed E-state index contributed by atoms with van der Waals surface area (Å²) in [6, 6.07) is 17.0. The number of nitrogens with zero attached hydrogens (tertiary/aromatic N) is 3. The predicted octanol–water partition coefficient (Wildman–Crippen LogP) is 3.90. The van der Waals surface area contributed by atoms with Gasteiger partial charge < -0.3 is 15.0 Å². The quantitative estimate of drug-likeness (QED) is 0.568. The van der Waals surface area contributed by atoms with E-state index in [0.29, 0.717) is 30.2 Å². The number of anilines is 1. The zero-order valence-electron chi connectivity index (χ0n) is 17.0. The van der Waals surface area contributed by atoms with Crippen molar-refractivity contribution < 1.29 is 9.53 Å². The molecule has 0 atom stereocenters. The molecule has 6 nitrogen and oxygen atoms in total. The van der Waals surface area contributed by atoms with Gasteiger partial charge in [0.15, 0.2) is 0 Å². The summed E-state index contributed by atoms with van der Waals surface area (Å²) in [5, 5.41) is 7.16. The van der Waals surface area contributed by atoms with Gasteiger partial charge in [-0.2, -0.15) is 5.10 Å². The first-order valence-corrected chi connectivity index (χ1v) is 10.0. The Bertz CT molecular complexity index is 888. The summed E-state index contributed by atoms with van der Waals surface area (Å²) in [6.45, 7) is 8.38. The number of amides is 1. The lowest BCUT2D eigenvalue weighted by Gasteiger charge is -2.19. The van der Waals surface area contributed by atoms with E-state index < -0.39 is 0 Å². The van der Waals surface area contributed by atoms with Crippen molar-refractivity contribution in [2.45, 2.75) is 20.4 Å². The minimum absolute atomic E-state index is 0.157. The van der Waals surface area contributed by atoms with Crippen LogP contribution in [0.4, 0.5) is 5.69 Å². The van der Waals surface area contributed by atoms with Crippen molar-refractivity contribution in [2.24, 2.45) is 0 Å². The third kappa shape index (κ3) is 5.93. The smallest absolute Gasteiger partial charge is 0.255 e. The highest BCUT2D eigenvalue weighted by Crippen LogP contribution is 2.24. The summed E-state index contributed by atoms with van der Waals surface area (Å²) in [5.74, 6) is 0.527. The molecule has 0 fully saturated rings. The Labute approximate surface area is 172 Å². The molecular formula is C23H28N4O2. The summed E-state index contributed by atoms with van der Waals surface area (Å²) in [4.78, 5) is 15.0. The molecule has 29 heavy (non-hydrogen) atoms. The van der Waals surface area contributed by atoms with Crippen LogP contribution in [0.25, 0.3) is 0 Å². The maximum atomic E-state index is 12.7. The van der Waals surface area contributed by atoms with Gasteiger partial charge in [-0.3, -0.25) is 9.48 Å². The van der Waals surface area contributed by atoms with Crippen molar-refractivity contribution in [1.29, 1.82) is 0 Å². The van der Waals surface area contributed by atoms with Crippen molar-refractivity contribution in [3.63, 3.8) is 0 Å². The molecule has 1 heterocycles. The van der Waals surface area contributed by atoms with E-state index in [9.17, 15) is 4.79 Å². The Morgan fingerprint density at radius 3 is 2.52 bits per heavy atom. The van der Waals surface area contributed by atoms with Gasteiger partial charge in [0.25, 0.3) is 5.91 Å². The number of para-hydroxylation sites is 2. The van der Waals surface area contributed by atoms with Crippen LogP contribution >= 0.6 is 0 Å². The maximum absolute atomic E-state index is 12.7. The van der Waals surface area contributed by atoms with E-state index >= 15 is 0 Å². The zero-order valence-corrected chi connectivity index (χ0v) is 17.0. The molecule has 2 aromatic carbocycles. The van der Waals surface area contributed by atoms with Gasteiger partial charge in [0.1, 0.15) is 12.4 Å². The zero-order chi connectivity index (χ0) is 20.5. The van der Waals surface area contributed by atoms with Crippen molar-refractivity contribution in [2.75, 3.05) is 31.6 Å². The average molecular weight is 393 g/mol. The molecule has 0 aliphatic rings. The monoisotopic (exact) mass is 392 g/mol. The van der Waals surface area contributed by atoms with Crippen LogP contribution in [0.5, 0.6) is 5.75 Å². The van der Waals surface area contributed by atoms with Crippen LogP contribution in [0.3, 0.4) is 0 Å². The summed E-state index contributed by atoms with van der Waals surface area (Å²) in [7, 11) is 0. The topological polar surface area (TPSA) is 59.4 Å². The van der Waals surface area contributed by atoms with Gasteiger partial charge in [-0.25, -0.2) is 0 Å². The van der Waals surface area contributed by atoms with Gasteiger partial charge in [-0.15, -0.1) is 0 Å². The standard InChI is InChI=1S/C23H28N4O2/c1-3-26(4-2)16-17-29-22-9-6-5-8-21(22)25-23(28)20-12-10-19(11-13-20)18-27-15-7-14-24-27/h5-15H,3-4,16-18H2,1-2H3,(H,25,28). The molecule has 0 bridgehead atoms. The predicted molar refractivity (Wildman–Crippen MR) is 115 cm³/mol. The van der Waals surface area contributed by atoms with Crippen molar-refractivity contribution in [1.82, 2.24) is 14.7 Å². The highest BCUT2D eigenvalue weighted by molar-refractivity contribution is 6.05. The fourth-order valence-electron chi connectivity index (χ4n) is 3.06. The number of likely N-dealkylation sites (N-methyl/N-ethyl adjacent to an activating group) is 1. The molecule has 1 amide bonds. The van der Waals surface area contributed by atoms with E-state index in [2.05, 4.69) is 29.2 Å². The minimum Gasteiger partial charge on any atom is -0.490 e. The van der Waals surface area contributed by atoms with Crippen LogP contribution < -0.4 is 10.1 Å². The first-order chi connectivity index (χ1) is 14.2. The third-order valence-electron chi connectivity index (χ3n) is 4.81. The van der Waals surface area contributed by atoms with Crippen LogP contribution in [-0.2, 0) is 6.54 Å². The molecule has 0 spiro atoms. The fraction of sp³-hybridized carbons (Fsp3) is 0.304. The molecule has 3 rings (SSSR count). The highest BCUT2D eigenvalue weighted by Gasteiger charge is 2.10. The van der Waals surface area contributed by atoms with Gasteiger partial charge in [0.2, 0.25) is 0 Å². The highest BCUT2D eigenvalue weighted by atomic mass is 16.5. The Morgan fingerprint density at radius 1 is 1.07 bits per heavy atom. The van der Waals surface area contributed by atoms with Gasteiger partial charge >= 0.3 is 0 Å². The van der Waals surface area contributed by atoms with Crippen molar-refractivity contribution in [3.05, 3.63) is 78.1 Å². The number of nitrogens with one attached hydrogen (secondary N) is 1. The number of hydrogen-bond acceptors (Lipinski definition) is 4.